The second kappa shape index (κ2) is 10.5. The number of hydrogen-bond acceptors (Lipinski definition) is 4. The van der Waals surface area contributed by atoms with Crippen molar-refractivity contribution in [2.75, 3.05) is 25.1 Å². The number of carbonyl (C=O) groups excluding carboxylic acids is 2. The predicted molar refractivity (Wildman–Crippen MR) is 119 cm³/mol. The zero-order valence-corrected chi connectivity index (χ0v) is 18.2. The Morgan fingerprint density at radius 3 is 2.57 bits per heavy atom. The van der Waals surface area contributed by atoms with Gasteiger partial charge in [-0.05, 0) is 67.6 Å². The molecule has 1 aliphatic heterocycles. The molecule has 2 N–H and O–H groups in total. The Morgan fingerprint density at radius 2 is 1.83 bits per heavy atom. The van der Waals surface area contributed by atoms with Gasteiger partial charge >= 0.3 is 0 Å². The van der Waals surface area contributed by atoms with Crippen LogP contribution in [-0.4, -0.2) is 41.0 Å². The van der Waals surface area contributed by atoms with Crippen LogP contribution in [0, 0.1) is 13.8 Å². The lowest BCUT2D eigenvalue weighted by molar-refractivity contribution is -0.115. The maximum atomic E-state index is 12.6. The van der Waals surface area contributed by atoms with Crippen molar-refractivity contribution in [3.05, 3.63) is 64.7 Å². The second-order valence-electron chi connectivity index (χ2n) is 7.57. The van der Waals surface area contributed by atoms with E-state index >= 15 is 0 Å². The van der Waals surface area contributed by atoms with Gasteiger partial charge < -0.3 is 15.4 Å². The summed E-state index contributed by atoms with van der Waals surface area (Å²) >= 11 is 0. The van der Waals surface area contributed by atoms with Crippen LogP contribution in [0.5, 0.6) is 0 Å². The lowest BCUT2D eigenvalue weighted by Crippen LogP contribution is -2.32. The van der Waals surface area contributed by atoms with Crippen LogP contribution in [0.15, 0.2) is 42.5 Å². The molecule has 0 aromatic heterocycles. The molecule has 0 bridgehead atoms. The number of benzene rings is 2. The first-order chi connectivity index (χ1) is 14.4. The molecule has 0 radical (unpaired) electrons. The van der Waals surface area contributed by atoms with E-state index in [1.807, 2.05) is 44.2 Å². The SMILES string of the molecule is Cc1ccc(C(=O)NCC(=O)Nc2cccc(CS(=O)C3CCOCC3)c2)cc1C. The molecule has 2 aromatic rings. The van der Waals surface area contributed by atoms with Gasteiger partial charge in [-0.2, -0.15) is 0 Å². The Balaban J connectivity index is 1.51. The highest BCUT2D eigenvalue weighted by Crippen LogP contribution is 2.19. The monoisotopic (exact) mass is 428 g/mol. The molecular formula is C23H28N2O4S. The van der Waals surface area contributed by atoms with E-state index < -0.39 is 10.8 Å². The first kappa shape index (κ1) is 22.2. The van der Waals surface area contributed by atoms with E-state index in [4.69, 9.17) is 4.74 Å². The topological polar surface area (TPSA) is 84.5 Å². The Kier molecular flexibility index (Phi) is 7.76. The van der Waals surface area contributed by atoms with Crippen LogP contribution in [0.1, 0.15) is 39.9 Å². The largest absolute Gasteiger partial charge is 0.381 e. The number of rotatable bonds is 7. The molecule has 1 fully saturated rings. The number of aryl methyl sites for hydroxylation is 2. The van der Waals surface area contributed by atoms with Gasteiger partial charge in [0.2, 0.25) is 5.91 Å². The fraction of sp³-hybridized carbons (Fsp3) is 0.391. The Hall–Kier alpha value is -2.51. The van der Waals surface area contributed by atoms with Gasteiger partial charge in [-0.15, -0.1) is 0 Å². The third-order valence-corrected chi connectivity index (χ3v) is 7.07. The highest BCUT2D eigenvalue weighted by atomic mass is 32.2. The summed E-state index contributed by atoms with van der Waals surface area (Å²) in [6.45, 7) is 5.14. The molecule has 30 heavy (non-hydrogen) atoms. The molecule has 0 spiro atoms. The van der Waals surface area contributed by atoms with E-state index in [9.17, 15) is 13.8 Å². The fourth-order valence-corrected chi connectivity index (χ4v) is 4.77. The summed E-state index contributed by atoms with van der Waals surface area (Å²) in [5.41, 5.74) is 4.21. The van der Waals surface area contributed by atoms with Crippen LogP contribution < -0.4 is 10.6 Å². The molecule has 1 atom stereocenters. The minimum atomic E-state index is -0.963. The first-order valence-corrected chi connectivity index (χ1v) is 11.5. The lowest BCUT2D eigenvalue weighted by Gasteiger charge is -2.21. The summed E-state index contributed by atoms with van der Waals surface area (Å²) < 4.78 is 17.9. The van der Waals surface area contributed by atoms with Crippen molar-refractivity contribution in [2.24, 2.45) is 0 Å². The van der Waals surface area contributed by atoms with E-state index in [0.29, 0.717) is 30.2 Å². The van der Waals surface area contributed by atoms with Gasteiger partial charge in [0.25, 0.3) is 5.91 Å². The first-order valence-electron chi connectivity index (χ1n) is 10.1. The van der Waals surface area contributed by atoms with Crippen molar-refractivity contribution in [1.82, 2.24) is 5.32 Å². The van der Waals surface area contributed by atoms with Gasteiger partial charge in [0.1, 0.15) is 0 Å². The van der Waals surface area contributed by atoms with Gasteiger partial charge in [-0.3, -0.25) is 13.8 Å². The summed E-state index contributed by atoms with van der Waals surface area (Å²) in [4.78, 5) is 24.5. The van der Waals surface area contributed by atoms with E-state index in [-0.39, 0.29) is 23.6 Å². The molecule has 6 nitrogen and oxygen atoms in total. The molecule has 3 rings (SSSR count). The quantitative estimate of drug-likeness (QED) is 0.710. The number of nitrogens with one attached hydrogen (secondary N) is 2. The number of hydrogen-bond donors (Lipinski definition) is 2. The number of amides is 2. The Morgan fingerprint density at radius 1 is 1.07 bits per heavy atom. The Bertz CT molecular complexity index is 939. The predicted octanol–water partition coefficient (Wildman–Crippen LogP) is 3.10. The average molecular weight is 429 g/mol. The summed E-state index contributed by atoms with van der Waals surface area (Å²) in [7, 11) is -0.963. The van der Waals surface area contributed by atoms with Crippen molar-refractivity contribution in [3.63, 3.8) is 0 Å². The fourth-order valence-electron chi connectivity index (χ4n) is 3.31. The molecule has 1 unspecified atom stereocenters. The van der Waals surface area contributed by atoms with Crippen molar-refractivity contribution < 1.29 is 18.5 Å². The van der Waals surface area contributed by atoms with Crippen LogP contribution in [0.3, 0.4) is 0 Å². The molecule has 7 heteroatoms. The second-order valence-corrected chi connectivity index (χ2v) is 9.28. The molecule has 0 saturated carbocycles. The summed E-state index contributed by atoms with van der Waals surface area (Å²) in [5, 5.41) is 5.60. The van der Waals surface area contributed by atoms with Crippen molar-refractivity contribution in [1.29, 1.82) is 0 Å². The average Bonchev–Trinajstić information content (AvgIpc) is 2.75. The zero-order chi connectivity index (χ0) is 21.5. The van der Waals surface area contributed by atoms with E-state index in [1.165, 1.54) is 0 Å². The van der Waals surface area contributed by atoms with Crippen LogP contribution in [0.2, 0.25) is 0 Å². The molecule has 2 aromatic carbocycles. The van der Waals surface area contributed by atoms with Crippen LogP contribution in [0.25, 0.3) is 0 Å². The van der Waals surface area contributed by atoms with E-state index in [0.717, 1.165) is 29.5 Å². The van der Waals surface area contributed by atoms with Crippen molar-refractivity contribution in [3.8, 4) is 0 Å². The van der Waals surface area contributed by atoms with Gasteiger partial charge in [-0.25, -0.2) is 0 Å². The molecule has 1 aliphatic rings. The van der Waals surface area contributed by atoms with Gasteiger partial charge in [0, 0.05) is 46.3 Å². The summed E-state index contributed by atoms with van der Waals surface area (Å²) in [5.74, 6) is -0.138. The minimum Gasteiger partial charge on any atom is -0.381 e. The molecule has 160 valence electrons. The zero-order valence-electron chi connectivity index (χ0n) is 17.4. The standard InChI is InChI=1S/C23H28N2O4S/c1-16-6-7-19(12-17(16)2)23(27)24-14-22(26)25-20-5-3-4-18(13-20)15-30(28)21-8-10-29-11-9-21/h3-7,12-13,21H,8-11,14-15H2,1-2H3,(H,24,27)(H,25,26). The van der Waals surface area contributed by atoms with Crippen LogP contribution in [0.4, 0.5) is 5.69 Å². The smallest absolute Gasteiger partial charge is 0.251 e. The highest BCUT2D eigenvalue weighted by molar-refractivity contribution is 7.84. The Labute approximate surface area is 179 Å². The van der Waals surface area contributed by atoms with Gasteiger partial charge in [-0.1, -0.05) is 18.2 Å². The number of anilines is 1. The van der Waals surface area contributed by atoms with E-state index in [1.54, 1.807) is 12.1 Å². The van der Waals surface area contributed by atoms with Crippen molar-refractivity contribution >= 4 is 28.3 Å². The van der Waals surface area contributed by atoms with Crippen LogP contribution >= 0.6 is 0 Å². The third-order valence-electron chi connectivity index (χ3n) is 5.24. The van der Waals surface area contributed by atoms with Crippen LogP contribution in [-0.2, 0) is 26.1 Å². The maximum Gasteiger partial charge on any atom is 0.251 e. The van der Waals surface area contributed by atoms with Gasteiger partial charge in [0.15, 0.2) is 0 Å². The van der Waals surface area contributed by atoms with E-state index in [2.05, 4.69) is 10.6 Å². The maximum absolute atomic E-state index is 12.6. The minimum absolute atomic E-state index is 0.121. The van der Waals surface area contributed by atoms with Crippen molar-refractivity contribution in [2.45, 2.75) is 37.7 Å². The lowest BCUT2D eigenvalue weighted by atomic mass is 10.1. The third kappa shape index (κ3) is 6.24. The molecule has 1 heterocycles. The molecule has 1 saturated heterocycles. The normalized spacial score (nSPS) is 15.4. The van der Waals surface area contributed by atoms with Gasteiger partial charge in [0.05, 0.1) is 6.54 Å². The summed E-state index contributed by atoms with van der Waals surface area (Å²) in [6.07, 6.45) is 1.65. The summed E-state index contributed by atoms with van der Waals surface area (Å²) in [6, 6.07) is 12.8. The highest BCUT2D eigenvalue weighted by Gasteiger charge is 2.20. The molecule has 0 aliphatic carbocycles. The molecular weight excluding hydrogens is 400 g/mol. The molecule has 2 amide bonds. The number of carbonyl (C=O) groups is 2. The number of ether oxygens (including phenoxy) is 1.